The van der Waals surface area contributed by atoms with Crippen molar-refractivity contribution in [3.05, 3.63) is 69.2 Å². The third-order valence-corrected chi connectivity index (χ3v) is 4.54. The summed E-state index contributed by atoms with van der Waals surface area (Å²) in [6, 6.07) is 17.4. The van der Waals surface area contributed by atoms with Gasteiger partial charge in [-0.05, 0) is 48.2 Å². The molecule has 0 aliphatic rings. The number of benzene rings is 2. The van der Waals surface area contributed by atoms with Crippen LogP contribution >= 0.6 is 27.5 Å². The maximum Gasteiger partial charge on any atom is 0.0406 e. The van der Waals surface area contributed by atoms with Crippen LogP contribution in [0.4, 0.5) is 0 Å². The van der Waals surface area contributed by atoms with Gasteiger partial charge in [0.25, 0.3) is 0 Å². The molecule has 0 bridgehead atoms. The molecule has 2 rings (SSSR count). The number of halogens is 2. The zero-order valence-electron chi connectivity index (χ0n) is 12.4. The molecule has 0 heterocycles. The SMILES string of the molecule is CCC(NC(CC)c1ccc(Br)cc1)c1ccc(Cl)cc1. The molecule has 2 aromatic rings. The molecule has 0 aliphatic carbocycles. The van der Waals surface area contributed by atoms with Crippen molar-refractivity contribution in [2.24, 2.45) is 0 Å². The molecule has 2 aromatic carbocycles. The largest absolute Gasteiger partial charge is 0.303 e. The average Bonchev–Trinajstić information content (AvgIpc) is 2.51. The van der Waals surface area contributed by atoms with Crippen LogP contribution in [-0.2, 0) is 0 Å². The Hall–Kier alpha value is -0.830. The van der Waals surface area contributed by atoms with Gasteiger partial charge in [0.05, 0.1) is 0 Å². The summed E-state index contributed by atoms with van der Waals surface area (Å²) in [7, 11) is 0. The lowest BCUT2D eigenvalue weighted by atomic mass is 9.99. The van der Waals surface area contributed by atoms with E-state index < -0.39 is 0 Å². The molecule has 0 fully saturated rings. The van der Waals surface area contributed by atoms with E-state index in [9.17, 15) is 0 Å². The third-order valence-electron chi connectivity index (χ3n) is 3.76. The van der Waals surface area contributed by atoms with E-state index in [0.717, 1.165) is 22.3 Å². The summed E-state index contributed by atoms with van der Waals surface area (Å²) in [6.07, 6.45) is 2.11. The van der Waals surface area contributed by atoms with Crippen LogP contribution in [0, 0.1) is 0 Å². The van der Waals surface area contributed by atoms with Crippen molar-refractivity contribution < 1.29 is 0 Å². The fourth-order valence-electron chi connectivity index (χ4n) is 2.53. The van der Waals surface area contributed by atoms with Gasteiger partial charge < -0.3 is 5.32 Å². The summed E-state index contributed by atoms with van der Waals surface area (Å²) in [5, 5.41) is 4.55. The third kappa shape index (κ3) is 4.57. The van der Waals surface area contributed by atoms with E-state index in [1.54, 1.807) is 0 Å². The minimum atomic E-state index is 0.343. The second-order valence-electron chi connectivity index (χ2n) is 5.19. The van der Waals surface area contributed by atoms with Crippen molar-refractivity contribution in [1.82, 2.24) is 5.32 Å². The van der Waals surface area contributed by atoms with Gasteiger partial charge in [-0.25, -0.2) is 0 Å². The topological polar surface area (TPSA) is 12.0 Å². The molecular weight excluding hydrogens is 346 g/mol. The van der Waals surface area contributed by atoms with E-state index in [1.807, 2.05) is 12.1 Å². The van der Waals surface area contributed by atoms with E-state index in [2.05, 4.69) is 71.5 Å². The van der Waals surface area contributed by atoms with Gasteiger partial charge in [-0.3, -0.25) is 0 Å². The van der Waals surface area contributed by atoms with Crippen LogP contribution < -0.4 is 5.32 Å². The van der Waals surface area contributed by atoms with Crippen LogP contribution in [0.1, 0.15) is 49.9 Å². The van der Waals surface area contributed by atoms with E-state index in [4.69, 9.17) is 11.6 Å². The first-order valence-electron chi connectivity index (χ1n) is 7.41. The maximum atomic E-state index is 5.98. The molecule has 1 N–H and O–H groups in total. The second-order valence-corrected chi connectivity index (χ2v) is 6.54. The molecule has 3 heteroatoms. The number of rotatable bonds is 6. The smallest absolute Gasteiger partial charge is 0.0406 e. The summed E-state index contributed by atoms with van der Waals surface area (Å²) in [5.74, 6) is 0. The molecule has 0 spiro atoms. The first-order chi connectivity index (χ1) is 10.1. The lowest BCUT2D eigenvalue weighted by Gasteiger charge is -2.25. The lowest BCUT2D eigenvalue weighted by molar-refractivity contribution is 0.426. The Morgan fingerprint density at radius 1 is 0.857 bits per heavy atom. The molecule has 0 amide bonds. The van der Waals surface area contributed by atoms with Crippen LogP contribution in [0.25, 0.3) is 0 Å². The Kier molecular flexibility index (Phi) is 6.28. The van der Waals surface area contributed by atoms with E-state index in [0.29, 0.717) is 12.1 Å². The Morgan fingerprint density at radius 2 is 1.29 bits per heavy atom. The van der Waals surface area contributed by atoms with Gasteiger partial charge in [0.2, 0.25) is 0 Å². The quantitative estimate of drug-likeness (QED) is 0.633. The first kappa shape index (κ1) is 16.5. The maximum absolute atomic E-state index is 5.98. The molecule has 2 atom stereocenters. The molecule has 0 aliphatic heterocycles. The molecule has 2 unspecified atom stereocenters. The fraction of sp³-hybridized carbons (Fsp3) is 0.333. The second kappa shape index (κ2) is 7.98. The van der Waals surface area contributed by atoms with Gasteiger partial charge in [0, 0.05) is 21.6 Å². The summed E-state index contributed by atoms with van der Waals surface area (Å²) in [5.41, 5.74) is 2.62. The van der Waals surface area contributed by atoms with Crippen molar-refractivity contribution in [3.8, 4) is 0 Å². The van der Waals surface area contributed by atoms with Crippen molar-refractivity contribution in [2.75, 3.05) is 0 Å². The van der Waals surface area contributed by atoms with Crippen molar-refractivity contribution >= 4 is 27.5 Å². The van der Waals surface area contributed by atoms with Crippen LogP contribution in [-0.4, -0.2) is 0 Å². The number of nitrogens with one attached hydrogen (secondary N) is 1. The minimum absolute atomic E-state index is 0.343. The van der Waals surface area contributed by atoms with E-state index >= 15 is 0 Å². The van der Waals surface area contributed by atoms with Crippen molar-refractivity contribution in [3.63, 3.8) is 0 Å². The molecule has 21 heavy (non-hydrogen) atoms. The Labute approximate surface area is 140 Å². The molecule has 112 valence electrons. The van der Waals surface area contributed by atoms with Gasteiger partial charge in [-0.2, -0.15) is 0 Å². The van der Waals surface area contributed by atoms with Crippen LogP contribution in [0.3, 0.4) is 0 Å². The highest BCUT2D eigenvalue weighted by molar-refractivity contribution is 9.10. The number of hydrogen-bond donors (Lipinski definition) is 1. The molecule has 1 nitrogen and oxygen atoms in total. The summed E-state index contributed by atoms with van der Waals surface area (Å²) >= 11 is 9.47. The van der Waals surface area contributed by atoms with Crippen LogP contribution in [0.15, 0.2) is 53.0 Å². The van der Waals surface area contributed by atoms with Gasteiger partial charge in [0.15, 0.2) is 0 Å². The van der Waals surface area contributed by atoms with Crippen molar-refractivity contribution in [1.29, 1.82) is 0 Å². The van der Waals surface area contributed by atoms with E-state index in [1.165, 1.54) is 11.1 Å². The van der Waals surface area contributed by atoms with Gasteiger partial charge in [0.1, 0.15) is 0 Å². The number of hydrogen-bond acceptors (Lipinski definition) is 1. The highest BCUT2D eigenvalue weighted by Gasteiger charge is 2.15. The predicted octanol–water partition coefficient (Wildman–Crippen LogP) is 6.29. The fourth-order valence-corrected chi connectivity index (χ4v) is 2.92. The monoisotopic (exact) mass is 365 g/mol. The minimum Gasteiger partial charge on any atom is -0.303 e. The normalized spacial score (nSPS) is 13.9. The van der Waals surface area contributed by atoms with Gasteiger partial charge in [-0.1, -0.05) is 65.6 Å². The molecule has 0 aromatic heterocycles. The Bertz CT molecular complexity index is 499. The Morgan fingerprint density at radius 3 is 1.71 bits per heavy atom. The van der Waals surface area contributed by atoms with Gasteiger partial charge >= 0.3 is 0 Å². The molecule has 0 saturated carbocycles. The molecular formula is C18H21BrClN. The van der Waals surface area contributed by atoms with Crippen LogP contribution in [0.5, 0.6) is 0 Å². The lowest BCUT2D eigenvalue weighted by Crippen LogP contribution is -2.25. The highest BCUT2D eigenvalue weighted by Crippen LogP contribution is 2.26. The van der Waals surface area contributed by atoms with E-state index in [-0.39, 0.29) is 0 Å². The average molecular weight is 367 g/mol. The summed E-state index contributed by atoms with van der Waals surface area (Å²) in [6.45, 7) is 4.43. The predicted molar refractivity (Wildman–Crippen MR) is 94.8 cm³/mol. The first-order valence-corrected chi connectivity index (χ1v) is 8.58. The molecule has 0 radical (unpaired) electrons. The highest BCUT2D eigenvalue weighted by atomic mass is 79.9. The van der Waals surface area contributed by atoms with Gasteiger partial charge in [-0.15, -0.1) is 0 Å². The van der Waals surface area contributed by atoms with Crippen molar-refractivity contribution in [2.45, 2.75) is 38.8 Å². The molecule has 0 saturated heterocycles. The summed E-state index contributed by atoms with van der Waals surface area (Å²) in [4.78, 5) is 0. The zero-order valence-corrected chi connectivity index (χ0v) is 14.8. The summed E-state index contributed by atoms with van der Waals surface area (Å²) < 4.78 is 1.12. The Balaban J connectivity index is 2.15. The zero-order chi connectivity index (χ0) is 15.2. The standard InChI is InChI=1S/C18H21BrClN/c1-3-17(13-5-9-15(19)10-6-13)21-18(4-2)14-7-11-16(20)12-8-14/h5-12,17-18,21H,3-4H2,1-2H3. The van der Waals surface area contributed by atoms with Crippen LogP contribution in [0.2, 0.25) is 5.02 Å².